The summed E-state index contributed by atoms with van der Waals surface area (Å²) in [5.41, 5.74) is 5.33. The average Bonchev–Trinajstić information content (AvgIpc) is 2.84. The molecule has 17 heavy (non-hydrogen) atoms. The van der Waals surface area contributed by atoms with Crippen LogP contribution in [0.25, 0.3) is 0 Å². The fraction of sp³-hybridized carbons (Fsp3) is 0.833. The molecule has 5 nitrogen and oxygen atoms in total. The van der Waals surface area contributed by atoms with E-state index in [9.17, 15) is 0 Å². The van der Waals surface area contributed by atoms with Gasteiger partial charge in [-0.3, -0.25) is 4.68 Å². The van der Waals surface area contributed by atoms with Crippen LogP contribution in [0.1, 0.15) is 24.2 Å². The van der Waals surface area contributed by atoms with Crippen molar-refractivity contribution in [2.24, 2.45) is 24.8 Å². The minimum Gasteiger partial charge on any atom is -0.302 e. The third kappa shape index (κ3) is 1.98. The van der Waals surface area contributed by atoms with Crippen LogP contribution < -0.4 is 5.48 Å². The van der Waals surface area contributed by atoms with Crippen LogP contribution in [0.3, 0.4) is 0 Å². The van der Waals surface area contributed by atoms with Crippen LogP contribution in [-0.4, -0.2) is 28.6 Å². The van der Waals surface area contributed by atoms with Gasteiger partial charge in [0.25, 0.3) is 0 Å². The molecule has 0 saturated heterocycles. The minimum atomic E-state index is 0.754. The van der Waals surface area contributed by atoms with Gasteiger partial charge >= 0.3 is 0 Å². The van der Waals surface area contributed by atoms with Crippen molar-refractivity contribution in [3.63, 3.8) is 0 Å². The Morgan fingerprint density at radius 1 is 1.35 bits per heavy atom. The lowest BCUT2D eigenvalue weighted by molar-refractivity contribution is 0.0452. The van der Waals surface area contributed by atoms with Crippen LogP contribution in [0.5, 0.6) is 0 Å². The molecule has 0 aromatic carbocycles. The van der Waals surface area contributed by atoms with E-state index in [1.165, 1.54) is 24.2 Å². The number of hydrogen-bond acceptors (Lipinski definition) is 4. The normalized spacial score (nSPS) is 31.3. The summed E-state index contributed by atoms with van der Waals surface area (Å²) in [6.45, 7) is 0.855. The van der Waals surface area contributed by atoms with Gasteiger partial charge in [0.2, 0.25) is 0 Å². The van der Waals surface area contributed by atoms with Crippen molar-refractivity contribution in [1.82, 2.24) is 20.5 Å². The first-order valence-electron chi connectivity index (χ1n) is 6.47. The monoisotopic (exact) mass is 236 g/mol. The van der Waals surface area contributed by atoms with Crippen molar-refractivity contribution < 1.29 is 4.84 Å². The van der Waals surface area contributed by atoms with E-state index in [0.29, 0.717) is 0 Å². The van der Waals surface area contributed by atoms with E-state index in [4.69, 9.17) is 4.84 Å². The first-order valence-corrected chi connectivity index (χ1v) is 6.47. The standard InChI is InChI=1S/C12H20N4O/c1-13-17-7-10-8-3-5-11-12(6-4-9(8)10)16(2)15-14-11/h8-10,13H,3-7H2,1-2H3. The molecular formula is C12H20N4O. The van der Waals surface area contributed by atoms with Crippen LogP contribution in [0.15, 0.2) is 0 Å². The van der Waals surface area contributed by atoms with Crippen LogP contribution in [0.4, 0.5) is 0 Å². The van der Waals surface area contributed by atoms with Crippen molar-refractivity contribution in [3.8, 4) is 0 Å². The van der Waals surface area contributed by atoms with E-state index < -0.39 is 0 Å². The number of nitrogens with zero attached hydrogens (tertiary/aromatic N) is 3. The van der Waals surface area contributed by atoms with Crippen molar-refractivity contribution in [2.75, 3.05) is 13.7 Å². The predicted molar refractivity (Wildman–Crippen MR) is 63.1 cm³/mol. The summed E-state index contributed by atoms with van der Waals surface area (Å²) in [5, 5.41) is 8.39. The van der Waals surface area contributed by atoms with Crippen molar-refractivity contribution in [2.45, 2.75) is 25.7 Å². The minimum absolute atomic E-state index is 0.754. The molecule has 0 amide bonds. The van der Waals surface area contributed by atoms with E-state index in [2.05, 4.69) is 15.8 Å². The first-order chi connectivity index (χ1) is 8.31. The molecular weight excluding hydrogens is 216 g/mol. The fourth-order valence-electron chi connectivity index (χ4n) is 3.33. The Labute approximate surface area is 101 Å². The quantitative estimate of drug-likeness (QED) is 0.785. The second-order valence-corrected chi connectivity index (χ2v) is 5.19. The molecule has 3 atom stereocenters. The molecule has 1 aromatic rings. The Bertz CT molecular complexity index is 403. The molecule has 0 bridgehead atoms. The summed E-state index contributed by atoms with van der Waals surface area (Å²) in [7, 11) is 3.83. The van der Waals surface area contributed by atoms with Crippen molar-refractivity contribution in [3.05, 3.63) is 11.4 Å². The Balaban J connectivity index is 1.66. The number of nitrogens with one attached hydrogen (secondary N) is 1. The van der Waals surface area contributed by atoms with Gasteiger partial charge in [-0.25, -0.2) is 5.48 Å². The highest BCUT2D eigenvalue weighted by Crippen LogP contribution is 2.52. The molecule has 1 fully saturated rings. The Hall–Kier alpha value is -0.940. The van der Waals surface area contributed by atoms with E-state index in [1.807, 2.05) is 18.8 Å². The number of aryl methyl sites for hydroxylation is 2. The molecule has 0 aliphatic heterocycles. The second kappa shape index (κ2) is 4.38. The van der Waals surface area contributed by atoms with Gasteiger partial charge in [-0.05, 0) is 43.4 Å². The largest absolute Gasteiger partial charge is 0.302 e. The highest BCUT2D eigenvalue weighted by atomic mass is 16.6. The van der Waals surface area contributed by atoms with Crippen LogP contribution in [0, 0.1) is 17.8 Å². The summed E-state index contributed by atoms with van der Waals surface area (Å²) in [4.78, 5) is 5.33. The van der Waals surface area contributed by atoms with Gasteiger partial charge in [-0.1, -0.05) is 5.21 Å². The summed E-state index contributed by atoms with van der Waals surface area (Å²) in [6, 6.07) is 0. The van der Waals surface area contributed by atoms with Crippen LogP contribution in [0.2, 0.25) is 0 Å². The molecule has 94 valence electrons. The van der Waals surface area contributed by atoms with Gasteiger partial charge in [-0.15, -0.1) is 5.10 Å². The molecule has 2 aliphatic carbocycles. The van der Waals surface area contributed by atoms with Crippen molar-refractivity contribution >= 4 is 0 Å². The highest BCUT2D eigenvalue weighted by Gasteiger charge is 2.49. The zero-order chi connectivity index (χ0) is 11.8. The number of hydrogen-bond donors (Lipinski definition) is 1. The molecule has 1 aromatic heterocycles. The number of aromatic nitrogens is 3. The van der Waals surface area contributed by atoms with E-state index in [-0.39, 0.29) is 0 Å². The molecule has 0 spiro atoms. The summed E-state index contributed by atoms with van der Waals surface area (Å²) in [5.74, 6) is 2.45. The van der Waals surface area contributed by atoms with E-state index in [0.717, 1.165) is 37.2 Å². The van der Waals surface area contributed by atoms with Crippen LogP contribution >= 0.6 is 0 Å². The third-order valence-electron chi connectivity index (χ3n) is 4.38. The Morgan fingerprint density at radius 3 is 2.88 bits per heavy atom. The molecule has 1 saturated carbocycles. The highest BCUT2D eigenvalue weighted by molar-refractivity contribution is 5.14. The lowest BCUT2D eigenvalue weighted by Gasteiger charge is -2.07. The van der Waals surface area contributed by atoms with Gasteiger partial charge in [0.05, 0.1) is 18.0 Å². The Kier molecular flexibility index (Phi) is 2.88. The molecule has 0 radical (unpaired) electrons. The van der Waals surface area contributed by atoms with E-state index >= 15 is 0 Å². The van der Waals surface area contributed by atoms with Gasteiger partial charge in [-0.2, -0.15) is 0 Å². The fourth-order valence-corrected chi connectivity index (χ4v) is 3.33. The first kappa shape index (κ1) is 11.2. The van der Waals surface area contributed by atoms with E-state index in [1.54, 1.807) is 0 Å². The summed E-state index contributed by atoms with van der Waals surface area (Å²) in [6.07, 6.45) is 4.71. The zero-order valence-corrected chi connectivity index (χ0v) is 10.5. The molecule has 2 aliphatic rings. The topological polar surface area (TPSA) is 52.0 Å². The maximum Gasteiger partial charge on any atom is 0.0859 e. The predicted octanol–water partition coefficient (Wildman–Crippen LogP) is 0.707. The Morgan fingerprint density at radius 2 is 2.12 bits per heavy atom. The van der Waals surface area contributed by atoms with Crippen LogP contribution in [-0.2, 0) is 24.7 Å². The molecule has 1 N–H and O–H groups in total. The maximum atomic E-state index is 5.33. The number of hydroxylamine groups is 1. The zero-order valence-electron chi connectivity index (χ0n) is 10.5. The molecule has 5 heteroatoms. The lowest BCUT2D eigenvalue weighted by Crippen LogP contribution is -2.10. The lowest BCUT2D eigenvalue weighted by atomic mass is 10.0. The third-order valence-corrected chi connectivity index (χ3v) is 4.38. The van der Waals surface area contributed by atoms with Crippen molar-refractivity contribution in [1.29, 1.82) is 0 Å². The average molecular weight is 236 g/mol. The number of rotatable bonds is 3. The summed E-state index contributed by atoms with van der Waals surface area (Å²) < 4.78 is 1.94. The number of fused-ring (bicyclic) bond motifs is 2. The summed E-state index contributed by atoms with van der Waals surface area (Å²) >= 11 is 0. The SMILES string of the molecule is CNOCC1C2CCc3nnn(C)c3CCC21. The second-order valence-electron chi connectivity index (χ2n) is 5.19. The molecule has 1 heterocycles. The van der Waals surface area contributed by atoms with Gasteiger partial charge in [0, 0.05) is 14.1 Å². The molecule has 3 rings (SSSR count). The smallest absolute Gasteiger partial charge is 0.0859 e. The van der Waals surface area contributed by atoms with Gasteiger partial charge in [0.1, 0.15) is 0 Å². The van der Waals surface area contributed by atoms with Gasteiger partial charge < -0.3 is 4.84 Å². The maximum absolute atomic E-state index is 5.33. The van der Waals surface area contributed by atoms with Gasteiger partial charge in [0.15, 0.2) is 0 Å². The molecule has 3 unspecified atom stereocenters.